The van der Waals surface area contributed by atoms with E-state index < -0.39 is 17.8 Å². The van der Waals surface area contributed by atoms with Gasteiger partial charge < -0.3 is 10.6 Å². The molecule has 2 aromatic carbocycles. The highest BCUT2D eigenvalue weighted by molar-refractivity contribution is 6.05. The van der Waals surface area contributed by atoms with Gasteiger partial charge in [0.1, 0.15) is 6.04 Å². The number of aryl methyl sites for hydroxylation is 1. The van der Waals surface area contributed by atoms with Gasteiger partial charge in [0.2, 0.25) is 5.91 Å². The summed E-state index contributed by atoms with van der Waals surface area (Å²) in [6.45, 7) is 1.95. The average molecular weight is 320 g/mol. The van der Waals surface area contributed by atoms with E-state index in [1.54, 1.807) is 0 Å². The van der Waals surface area contributed by atoms with Gasteiger partial charge >= 0.3 is 6.18 Å². The molecular formula is C17H15F3N2O. The fourth-order valence-electron chi connectivity index (χ4n) is 2.73. The minimum Gasteiger partial charge on any atom is -0.318 e. The van der Waals surface area contributed by atoms with Crippen molar-refractivity contribution < 1.29 is 18.0 Å². The van der Waals surface area contributed by atoms with Crippen LogP contribution in [0, 0.1) is 6.92 Å². The summed E-state index contributed by atoms with van der Waals surface area (Å²) in [7, 11) is 0. The van der Waals surface area contributed by atoms with E-state index in [0.717, 1.165) is 23.3 Å². The van der Waals surface area contributed by atoms with Crippen LogP contribution >= 0.6 is 0 Å². The summed E-state index contributed by atoms with van der Waals surface area (Å²) < 4.78 is 37.9. The van der Waals surface area contributed by atoms with Crippen molar-refractivity contribution in [2.45, 2.75) is 25.2 Å². The van der Waals surface area contributed by atoms with Crippen LogP contribution < -0.4 is 10.6 Å². The average Bonchev–Trinajstić information content (AvgIpc) is 2.52. The second kappa shape index (κ2) is 5.38. The Morgan fingerprint density at radius 3 is 2.09 bits per heavy atom. The molecule has 2 N–H and O–H groups in total. The molecule has 3 nitrogen and oxygen atoms in total. The van der Waals surface area contributed by atoms with E-state index in [-0.39, 0.29) is 11.9 Å². The van der Waals surface area contributed by atoms with Crippen molar-refractivity contribution in [2.75, 3.05) is 4.90 Å². The molecule has 3 rings (SSSR count). The van der Waals surface area contributed by atoms with Crippen molar-refractivity contribution in [3.05, 3.63) is 65.2 Å². The molecule has 0 radical (unpaired) electrons. The Morgan fingerprint density at radius 2 is 1.57 bits per heavy atom. The third-order valence-corrected chi connectivity index (χ3v) is 4.03. The molecule has 1 aliphatic heterocycles. The zero-order chi connectivity index (χ0) is 16.8. The number of carbonyl (C=O) groups excluding carboxylic acids is 1. The molecule has 2 atom stereocenters. The Bertz CT molecular complexity index is 723. The number of β-lactam (4-membered cyclic amide) rings is 1. The Labute approximate surface area is 131 Å². The van der Waals surface area contributed by atoms with E-state index in [9.17, 15) is 18.0 Å². The van der Waals surface area contributed by atoms with Gasteiger partial charge in [-0.05, 0) is 36.8 Å². The van der Waals surface area contributed by atoms with Gasteiger partial charge in [0.15, 0.2) is 0 Å². The lowest BCUT2D eigenvalue weighted by Gasteiger charge is -2.45. The van der Waals surface area contributed by atoms with E-state index in [1.807, 2.05) is 31.2 Å². The molecule has 1 amide bonds. The normalized spacial score (nSPS) is 21.3. The smallest absolute Gasteiger partial charge is 0.318 e. The topological polar surface area (TPSA) is 46.3 Å². The molecule has 120 valence electrons. The van der Waals surface area contributed by atoms with Crippen molar-refractivity contribution in [1.29, 1.82) is 0 Å². The van der Waals surface area contributed by atoms with Crippen molar-refractivity contribution >= 4 is 11.6 Å². The number of alkyl halides is 3. The van der Waals surface area contributed by atoms with E-state index in [2.05, 4.69) is 0 Å². The first kappa shape index (κ1) is 15.6. The monoisotopic (exact) mass is 320 g/mol. The van der Waals surface area contributed by atoms with Crippen LogP contribution in [0.3, 0.4) is 0 Å². The van der Waals surface area contributed by atoms with E-state index in [4.69, 9.17) is 5.73 Å². The minimum atomic E-state index is -4.40. The second-order valence-corrected chi connectivity index (χ2v) is 5.63. The van der Waals surface area contributed by atoms with Crippen LogP contribution in [0.2, 0.25) is 0 Å². The largest absolute Gasteiger partial charge is 0.416 e. The number of benzene rings is 2. The number of amides is 1. The summed E-state index contributed by atoms with van der Waals surface area (Å²) in [6, 6.07) is 11.1. The Morgan fingerprint density at radius 1 is 1.00 bits per heavy atom. The molecule has 2 aromatic rings. The number of anilines is 1. The molecule has 0 spiro atoms. The van der Waals surface area contributed by atoms with Gasteiger partial charge in [0.05, 0.1) is 11.6 Å². The van der Waals surface area contributed by atoms with Crippen LogP contribution in [0.15, 0.2) is 48.5 Å². The van der Waals surface area contributed by atoms with Gasteiger partial charge in [-0.2, -0.15) is 13.2 Å². The maximum atomic E-state index is 12.6. The number of carbonyl (C=O) groups is 1. The summed E-state index contributed by atoms with van der Waals surface area (Å²) >= 11 is 0. The number of hydrogen-bond donors (Lipinski definition) is 1. The number of nitrogens with two attached hydrogens (primary N) is 1. The van der Waals surface area contributed by atoms with E-state index >= 15 is 0 Å². The first-order valence-corrected chi connectivity index (χ1v) is 7.11. The first-order chi connectivity index (χ1) is 10.8. The third kappa shape index (κ3) is 2.70. The first-order valence-electron chi connectivity index (χ1n) is 7.11. The molecule has 1 fully saturated rings. The number of hydrogen-bond acceptors (Lipinski definition) is 2. The fourth-order valence-corrected chi connectivity index (χ4v) is 2.73. The quantitative estimate of drug-likeness (QED) is 0.862. The minimum absolute atomic E-state index is 0.296. The molecule has 1 aliphatic rings. The lowest BCUT2D eigenvalue weighted by atomic mass is 9.88. The second-order valence-electron chi connectivity index (χ2n) is 5.63. The zero-order valence-corrected chi connectivity index (χ0v) is 12.3. The maximum Gasteiger partial charge on any atom is 0.416 e. The van der Waals surface area contributed by atoms with Gasteiger partial charge in [-0.3, -0.25) is 4.79 Å². The van der Waals surface area contributed by atoms with Gasteiger partial charge in [-0.25, -0.2) is 0 Å². The molecule has 1 saturated heterocycles. The Balaban J connectivity index is 1.91. The van der Waals surface area contributed by atoms with Crippen LogP contribution in [0.5, 0.6) is 0 Å². The molecule has 0 bridgehead atoms. The molecule has 23 heavy (non-hydrogen) atoms. The lowest BCUT2D eigenvalue weighted by molar-refractivity contribution is -0.137. The van der Waals surface area contributed by atoms with Crippen LogP contribution in [0.4, 0.5) is 18.9 Å². The molecule has 0 unspecified atom stereocenters. The van der Waals surface area contributed by atoms with E-state index in [1.165, 1.54) is 17.0 Å². The highest BCUT2D eigenvalue weighted by atomic mass is 19.4. The fraction of sp³-hybridized carbons (Fsp3) is 0.235. The van der Waals surface area contributed by atoms with Crippen LogP contribution in [-0.4, -0.2) is 11.9 Å². The Kier molecular flexibility index (Phi) is 3.64. The van der Waals surface area contributed by atoms with Crippen molar-refractivity contribution in [3.63, 3.8) is 0 Å². The summed E-state index contributed by atoms with van der Waals surface area (Å²) in [5, 5.41) is 0. The molecule has 0 saturated carbocycles. The predicted molar refractivity (Wildman–Crippen MR) is 80.8 cm³/mol. The van der Waals surface area contributed by atoms with Gasteiger partial charge in [-0.15, -0.1) is 0 Å². The van der Waals surface area contributed by atoms with Gasteiger partial charge in [-0.1, -0.05) is 29.8 Å². The molecular weight excluding hydrogens is 305 g/mol. The van der Waals surface area contributed by atoms with Gasteiger partial charge in [0, 0.05) is 5.69 Å². The zero-order valence-electron chi connectivity index (χ0n) is 12.3. The summed E-state index contributed by atoms with van der Waals surface area (Å²) in [5.41, 5.74) is 7.50. The maximum absolute atomic E-state index is 12.6. The van der Waals surface area contributed by atoms with Crippen LogP contribution in [-0.2, 0) is 11.0 Å². The van der Waals surface area contributed by atoms with E-state index in [0.29, 0.717) is 5.69 Å². The highest BCUT2D eigenvalue weighted by Crippen LogP contribution is 2.39. The number of nitrogens with zero attached hydrogens (tertiary/aromatic N) is 1. The predicted octanol–water partition coefficient (Wildman–Crippen LogP) is 3.43. The van der Waals surface area contributed by atoms with Crippen LogP contribution in [0.25, 0.3) is 0 Å². The third-order valence-electron chi connectivity index (χ3n) is 4.03. The summed E-state index contributed by atoms with van der Waals surface area (Å²) in [6.07, 6.45) is -4.40. The number of halogens is 3. The Hall–Kier alpha value is -2.34. The van der Waals surface area contributed by atoms with Crippen molar-refractivity contribution in [2.24, 2.45) is 5.73 Å². The highest BCUT2D eigenvalue weighted by Gasteiger charge is 2.46. The molecule has 6 heteroatoms. The van der Waals surface area contributed by atoms with Gasteiger partial charge in [0.25, 0.3) is 0 Å². The summed E-state index contributed by atoms with van der Waals surface area (Å²) in [5.74, 6) is -0.296. The number of rotatable bonds is 2. The van der Waals surface area contributed by atoms with Crippen LogP contribution in [0.1, 0.15) is 22.7 Å². The van der Waals surface area contributed by atoms with Crippen molar-refractivity contribution in [1.82, 2.24) is 0 Å². The standard InChI is InChI=1S/C17H15F3N2O/c1-10-2-4-11(5-3-10)15-14(21)16(23)22(15)13-8-6-12(7-9-13)17(18,19)20/h2-9,14-15H,21H2,1H3/t14-,15-/m0/s1. The SMILES string of the molecule is Cc1ccc([C@H]2[C@H](N)C(=O)N2c2ccc(C(F)(F)F)cc2)cc1. The molecule has 0 aromatic heterocycles. The molecule has 0 aliphatic carbocycles. The van der Waals surface area contributed by atoms with Crippen molar-refractivity contribution in [3.8, 4) is 0 Å². The lowest BCUT2D eigenvalue weighted by Crippen LogP contribution is -2.63. The summed E-state index contributed by atoms with van der Waals surface area (Å²) in [4.78, 5) is 13.5. The molecule has 1 heterocycles.